The smallest absolute Gasteiger partial charge is 0.119 e. The molecule has 0 heterocycles. The van der Waals surface area contributed by atoms with Crippen molar-refractivity contribution in [3.63, 3.8) is 0 Å². The molecule has 2 heteroatoms. The summed E-state index contributed by atoms with van der Waals surface area (Å²) < 4.78 is 5.56. The third kappa shape index (κ3) is 3.29. The lowest BCUT2D eigenvalue weighted by atomic mass is 10.3. The molecule has 0 aliphatic rings. The second-order valence-corrected chi connectivity index (χ2v) is 3.59. The quantitative estimate of drug-likeness (QED) is 0.667. The Morgan fingerprint density at radius 2 is 1.79 bits per heavy atom. The monoisotopic (exact) mass is 193 g/mol. The molecule has 0 aromatic heterocycles. The molecule has 0 saturated heterocycles. The van der Waals surface area contributed by atoms with Crippen molar-refractivity contribution in [1.29, 1.82) is 0 Å². The van der Waals surface area contributed by atoms with E-state index < -0.39 is 0 Å². The van der Waals surface area contributed by atoms with Crippen LogP contribution < -0.4 is 9.64 Å². The Hall–Kier alpha value is -1.18. The maximum Gasteiger partial charge on any atom is 0.119 e. The minimum Gasteiger partial charge on any atom is -0.494 e. The van der Waals surface area contributed by atoms with Crippen molar-refractivity contribution in [3.8, 4) is 5.75 Å². The molecular weight excluding hydrogens is 174 g/mol. The third-order valence-electron chi connectivity index (χ3n) is 2.12. The fourth-order valence-electron chi connectivity index (χ4n) is 1.17. The Balaban J connectivity index is 2.47. The van der Waals surface area contributed by atoms with Crippen LogP contribution in [0.2, 0.25) is 0 Å². The molecule has 0 N–H and O–H groups in total. The number of rotatable bonds is 5. The van der Waals surface area contributed by atoms with Crippen LogP contribution in [-0.2, 0) is 0 Å². The zero-order chi connectivity index (χ0) is 10.4. The lowest BCUT2D eigenvalue weighted by Gasteiger charge is -2.12. The van der Waals surface area contributed by atoms with Gasteiger partial charge in [-0.1, -0.05) is 13.3 Å². The van der Waals surface area contributed by atoms with E-state index in [-0.39, 0.29) is 0 Å². The van der Waals surface area contributed by atoms with E-state index in [9.17, 15) is 0 Å². The van der Waals surface area contributed by atoms with Gasteiger partial charge in [-0.05, 0) is 30.7 Å². The zero-order valence-electron chi connectivity index (χ0n) is 9.29. The first kappa shape index (κ1) is 10.9. The van der Waals surface area contributed by atoms with Gasteiger partial charge in [0.05, 0.1) is 6.61 Å². The standard InChI is InChI=1S/C12H19NO/c1-4-5-10-14-12-8-6-11(7-9-12)13(2)3/h6-9H,4-5,10H2,1-3H3. The summed E-state index contributed by atoms with van der Waals surface area (Å²) in [7, 11) is 4.07. The first-order valence-corrected chi connectivity index (χ1v) is 5.14. The van der Waals surface area contributed by atoms with Crippen LogP contribution in [-0.4, -0.2) is 20.7 Å². The molecule has 78 valence electrons. The summed E-state index contributed by atoms with van der Waals surface area (Å²) in [6.07, 6.45) is 2.30. The number of benzene rings is 1. The van der Waals surface area contributed by atoms with Crippen molar-refractivity contribution in [2.75, 3.05) is 25.6 Å². The molecule has 0 spiro atoms. The van der Waals surface area contributed by atoms with E-state index in [1.54, 1.807) is 0 Å². The van der Waals surface area contributed by atoms with Gasteiger partial charge in [0.2, 0.25) is 0 Å². The normalized spacial score (nSPS) is 9.93. The van der Waals surface area contributed by atoms with Crippen LogP contribution in [0.5, 0.6) is 5.75 Å². The van der Waals surface area contributed by atoms with Gasteiger partial charge in [-0.2, -0.15) is 0 Å². The van der Waals surface area contributed by atoms with Gasteiger partial charge < -0.3 is 9.64 Å². The van der Waals surface area contributed by atoms with Crippen LogP contribution in [0.25, 0.3) is 0 Å². The molecule has 1 aromatic rings. The first-order chi connectivity index (χ1) is 6.74. The maximum atomic E-state index is 5.56. The van der Waals surface area contributed by atoms with Gasteiger partial charge in [-0.3, -0.25) is 0 Å². The fourth-order valence-corrected chi connectivity index (χ4v) is 1.17. The molecule has 0 aliphatic carbocycles. The minimum absolute atomic E-state index is 0.817. The predicted molar refractivity (Wildman–Crippen MR) is 61.2 cm³/mol. The molecule has 0 radical (unpaired) electrons. The van der Waals surface area contributed by atoms with Crippen molar-refractivity contribution >= 4 is 5.69 Å². The van der Waals surface area contributed by atoms with E-state index in [2.05, 4.69) is 24.0 Å². The molecule has 14 heavy (non-hydrogen) atoms. The van der Waals surface area contributed by atoms with Crippen LogP contribution in [0.15, 0.2) is 24.3 Å². The number of hydrogen-bond acceptors (Lipinski definition) is 2. The maximum absolute atomic E-state index is 5.56. The Labute approximate surface area is 86.5 Å². The van der Waals surface area contributed by atoms with Gasteiger partial charge in [0, 0.05) is 19.8 Å². The second-order valence-electron chi connectivity index (χ2n) is 3.59. The van der Waals surface area contributed by atoms with E-state index in [0.29, 0.717) is 0 Å². The van der Waals surface area contributed by atoms with Crippen molar-refractivity contribution < 1.29 is 4.74 Å². The van der Waals surface area contributed by atoms with Crippen LogP contribution >= 0.6 is 0 Å². The highest BCUT2D eigenvalue weighted by molar-refractivity contribution is 5.47. The number of ether oxygens (including phenoxy) is 1. The third-order valence-corrected chi connectivity index (χ3v) is 2.12. The molecular formula is C12H19NO. The van der Waals surface area contributed by atoms with Crippen LogP contribution in [0.1, 0.15) is 19.8 Å². The summed E-state index contributed by atoms with van der Waals surface area (Å²) in [6, 6.07) is 8.18. The highest BCUT2D eigenvalue weighted by Gasteiger charge is 1.96. The van der Waals surface area contributed by atoms with E-state index >= 15 is 0 Å². The van der Waals surface area contributed by atoms with Crippen molar-refractivity contribution in [3.05, 3.63) is 24.3 Å². The Morgan fingerprint density at radius 3 is 2.29 bits per heavy atom. The van der Waals surface area contributed by atoms with Gasteiger partial charge in [-0.25, -0.2) is 0 Å². The molecule has 0 fully saturated rings. The summed E-state index contributed by atoms with van der Waals surface area (Å²) in [6.45, 7) is 2.98. The molecule has 0 amide bonds. The van der Waals surface area contributed by atoms with Crippen LogP contribution in [0.4, 0.5) is 5.69 Å². The summed E-state index contributed by atoms with van der Waals surface area (Å²) in [5.74, 6) is 0.962. The van der Waals surface area contributed by atoms with E-state index in [0.717, 1.165) is 18.8 Å². The number of anilines is 1. The van der Waals surface area contributed by atoms with Crippen molar-refractivity contribution in [2.45, 2.75) is 19.8 Å². The average Bonchev–Trinajstić information content (AvgIpc) is 2.19. The topological polar surface area (TPSA) is 12.5 Å². The van der Waals surface area contributed by atoms with Gasteiger partial charge in [-0.15, -0.1) is 0 Å². The lowest BCUT2D eigenvalue weighted by Crippen LogP contribution is -2.08. The van der Waals surface area contributed by atoms with E-state index in [1.165, 1.54) is 12.1 Å². The largest absolute Gasteiger partial charge is 0.494 e. The molecule has 0 unspecified atom stereocenters. The Morgan fingerprint density at radius 1 is 1.14 bits per heavy atom. The van der Waals surface area contributed by atoms with Gasteiger partial charge in [0.25, 0.3) is 0 Å². The lowest BCUT2D eigenvalue weighted by molar-refractivity contribution is 0.309. The molecule has 0 bridgehead atoms. The van der Waals surface area contributed by atoms with Gasteiger partial charge >= 0.3 is 0 Å². The van der Waals surface area contributed by atoms with Crippen molar-refractivity contribution in [1.82, 2.24) is 0 Å². The van der Waals surface area contributed by atoms with Crippen LogP contribution in [0, 0.1) is 0 Å². The molecule has 2 nitrogen and oxygen atoms in total. The van der Waals surface area contributed by atoms with Crippen molar-refractivity contribution in [2.24, 2.45) is 0 Å². The van der Waals surface area contributed by atoms with Gasteiger partial charge in [0.15, 0.2) is 0 Å². The Bertz CT molecular complexity index is 254. The number of nitrogens with zero attached hydrogens (tertiary/aromatic N) is 1. The fraction of sp³-hybridized carbons (Fsp3) is 0.500. The molecule has 0 saturated carbocycles. The SMILES string of the molecule is CCCCOc1ccc(N(C)C)cc1. The number of unbranched alkanes of at least 4 members (excludes halogenated alkanes) is 1. The summed E-state index contributed by atoms with van der Waals surface area (Å²) in [5.41, 5.74) is 1.20. The predicted octanol–water partition coefficient (Wildman–Crippen LogP) is 2.93. The molecule has 1 aromatic carbocycles. The zero-order valence-corrected chi connectivity index (χ0v) is 9.29. The van der Waals surface area contributed by atoms with E-state index in [4.69, 9.17) is 4.74 Å². The second kappa shape index (κ2) is 5.53. The van der Waals surface area contributed by atoms with Gasteiger partial charge in [0.1, 0.15) is 5.75 Å². The molecule has 1 rings (SSSR count). The Kier molecular flexibility index (Phi) is 4.30. The highest BCUT2D eigenvalue weighted by Crippen LogP contribution is 2.17. The van der Waals surface area contributed by atoms with E-state index in [1.807, 2.05) is 26.2 Å². The average molecular weight is 193 g/mol. The molecule has 0 aliphatic heterocycles. The summed E-state index contributed by atoms with van der Waals surface area (Å²) >= 11 is 0. The first-order valence-electron chi connectivity index (χ1n) is 5.14. The summed E-state index contributed by atoms with van der Waals surface area (Å²) in [4.78, 5) is 2.08. The summed E-state index contributed by atoms with van der Waals surface area (Å²) in [5, 5.41) is 0. The minimum atomic E-state index is 0.817. The van der Waals surface area contributed by atoms with Crippen LogP contribution in [0.3, 0.4) is 0 Å². The molecule has 0 atom stereocenters. The number of hydrogen-bond donors (Lipinski definition) is 0. The highest BCUT2D eigenvalue weighted by atomic mass is 16.5.